The van der Waals surface area contributed by atoms with Crippen LogP contribution in [0.4, 0.5) is 4.39 Å². The van der Waals surface area contributed by atoms with E-state index in [0.717, 1.165) is 0 Å². The van der Waals surface area contributed by atoms with Gasteiger partial charge in [0.15, 0.2) is 0 Å². The molecule has 0 saturated carbocycles. The van der Waals surface area contributed by atoms with Gasteiger partial charge >= 0.3 is 0 Å². The Kier molecular flexibility index (Phi) is 4.45. The van der Waals surface area contributed by atoms with Gasteiger partial charge in [-0.05, 0) is 30.3 Å². The van der Waals surface area contributed by atoms with Crippen LogP contribution in [0, 0.1) is 17.7 Å². The first-order chi connectivity index (χ1) is 12.3. The number of hydrogen-bond acceptors (Lipinski definition) is 4. The van der Waals surface area contributed by atoms with Crippen molar-refractivity contribution in [1.29, 1.82) is 0 Å². The van der Waals surface area contributed by atoms with Crippen LogP contribution in [0.25, 0.3) is 11.3 Å². The summed E-state index contributed by atoms with van der Waals surface area (Å²) in [5.41, 5.74) is 4.28. The highest BCUT2D eigenvalue weighted by Gasteiger charge is 2.42. The Morgan fingerprint density at radius 2 is 2.15 bits per heavy atom. The lowest BCUT2D eigenvalue weighted by Gasteiger charge is -2.13. The van der Waals surface area contributed by atoms with Crippen LogP contribution in [0.15, 0.2) is 36.4 Å². The maximum absolute atomic E-state index is 14.2. The molecular formula is C19H16FN3O3. The van der Waals surface area contributed by atoms with Crippen LogP contribution in [0.1, 0.15) is 22.5 Å². The number of hydrogen-bond donors (Lipinski definition) is 2. The second-order valence-corrected chi connectivity index (χ2v) is 6.05. The number of amides is 2. The number of aliphatic hydroxyl groups is 1. The van der Waals surface area contributed by atoms with Crippen LogP contribution in [0.5, 0.6) is 0 Å². The number of likely N-dealkylation sites (N-methyl/N-ethyl adjacent to an activating group) is 1. The molecule has 0 spiro atoms. The molecule has 1 aromatic heterocycles. The number of carbonyl (C=O) groups is 2. The Bertz CT molecular complexity index is 964. The fourth-order valence-electron chi connectivity index (χ4n) is 2.67. The molecule has 1 unspecified atom stereocenters. The molecular weight excluding hydrogens is 337 g/mol. The summed E-state index contributed by atoms with van der Waals surface area (Å²) in [6.45, 7) is 0.419. The SMILES string of the molecule is CN1CCC(O)(C#Cc2ccc(F)c(-c3cccc(C(N)=O)n3)c2)C1=O. The molecule has 7 heteroatoms. The van der Waals surface area contributed by atoms with Crippen LogP contribution < -0.4 is 5.73 Å². The van der Waals surface area contributed by atoms with Crippen molar-refractivity contribution in [2.75, 3.05) is 13.6 Å². The summed E-state index contributed by atoms with van der Waals surface area (Å²) in [6, 6.07) is 8.63. The molecule has 1 fully saturated rings. The van der Waals surface area contributed by atoms with Gasteiger partial charge in [-0.1, -0.05) is 17.9 Å². The Labute approximate surface area is 149 Å². The first-order valence-corrected chi connectivity index (χ1v) is 7.88. The van der Waals surface area contributed by atoms with E-state index in [-0.39, 0.29) is 23.4 Å². The normalized spacial score (nSPS) is 19.2. The minimum Gasteiger partial charge on any atom is -0.369 e. The van der Waals surface area contributed by atoms with Crippen LogP contribution in [0.2, 0.25) is 0 Å². The van der Waals surface area contributed by atoms with Gasteiger partial charge in [0, 0.05) is 31.1 Å². The zero-order chi connectivity index (χ0) is 18.9. The third kappa shape index (κ3) is 3.27. The molecule has 0 radical (unpaired) electrons. The average Bonchev–Trinajstić information content (AvgIpc) is 2.89. The average molecular weight is 353 g/mol. The molecule has 1 aliphatic heterocycles. The molecule has 0 aliphatic carbocycles. The summed E-state index contributed by atoms with van der Waals surface area (Å²) in [4.78, 5) is 28.7. The van der Waals surface area contributed by atoms with Crippen molar-refractivity contribution < 1.29 is 19.1 Å². The maximum atomic E-state index is 14.2. The highest BCUT2D eigenvalue weighted by atomic mass is 19.1. The molecule has 6 nitrogen and oxygen atoms in total. The van der Waals surface area contributed by atoms with Crippen molar-refractivity contribution in [3.05, 3.63) is 53.5 Å². The lowest BCUT2D eigenvalue weighted by molar-refractivity contribution is -0.137. The smallest absolute Gasteiger partial charge is 0.267 e. The topological polar surface area (TPSA) is 96.5 Å². The van der Waals surface area contributed by atoms with E-state index in [4.69, 9.17) is 5.73 Å². The number of halogens is 1. The molecule has 3 N–H and O–H groups in total. The van der Waals surface area contributed by atoms with Gasteiger partial charge in [-0.25, -0.2) is 9.37 Å². The third-order valence-electron chi connectivity index (χ3n) is 4.17. The van der Waals surface area contributed by atoms with E-state index >= 15 is 0 Å². The number of rotatable bonds is 2. The van der Waals surface area contributed by atoms with E-state index < -0.39 is 23.2 Å². The second-order valence-electron chi connectivity index (χ2n) is 6.05. The number of aromatic nitrogens is 1. The number of benzene rings is 1. The maximum Gasteiger partial charge on any atom is 0.267 e. The van der Waals surface area contributed by atoms with Gasteiger partial charge in [-0.3, -0.25) is 9.59 Å². The monoisotopic (exact) mass is 353 g/mol. The molecule has 1 saturated heterocycles. The minimum atomic E-state index is -1.73. The first-order valence-electron chi connectivity index (χ1n) is 7.88. The van der Waals surface area contributed by atoms with Gasteiger partial charge in [0.1, 0.15) is 11.5 Å². The quantitative estimate of drug-likeness (QED) is 0.785. The van der Waals surface area contributed by atoms with Gasteiger partial charge in [-0.15, -0.1) is 0 Å². The molecule has 3 rings (SSSR count). The van der Waals surface area contributed by atoms with Gasteiger partial charge in [0.2, 0.25) is 5.60 Å². The van der Waals surface area contributed by atoms with Crippen molar-refractivity contribution in [3.63, 3.8) is 0 Å². The van der Waals surface area contributed by atoms with E-state index in [1.165, 1.54) is 29.2 Å². The fourth-order valence-corrected chi connectivity index (χ4v) is 2.67. The van der Waals surface area contributed by atoms with E-state index in [9.17, 15) is 19.1 Å². The summed E-state index contributed by atoms with van der Waals surface area (Å²) in [5.74, 6) is 3.59. The van der Waals surface area contributed by atoms with E-state index in [1.54, 1.807) is 19.2 Å². The predicted octanol–water partition coefficient (Wildman–Crippen LogP) is 0.931. The zero-order valence-corrected chi connectivity index (χ0v) is 14.0. The molecule has 132 valence electrons. The lowest BCUT2D eigenvalue weighted by Crippen LogP contribution is -2.37. The van der Waals surface area contributed by atoms with Crippen LogP contribution in [-0.2, 0) is 4.79 Å². The number of primary amides is 1. The lowest BCUT2D eigenvalue weighted by atomic mass is 10.0. The Balaban J connectivity index is 1.97. The number of nitrogens with two attached hydrogens (primary N) is 1. The molecule has 26 heavy (non-hydrogen) atoms. The Morgan fingerprint density at radius 3 is 2.81 bits per heavy atom. The van der Waals surface area contributed by atoms with Gasteiger partial charge in [0.25, 0.3) is 11.8 Å². The summed E-state index contributed by atoms with van der Waals surface area (Å²) in [5, 5.41) is 10.3. The number of carbonyl (C=O) groups excluding carboxylic acids is 2. The molecule has 1 aromatic carbocycles. The summed E-state index contributed by atoms with van der Waals surface area (Å²) in [7, 11) is 1.59. The molecule has 1 atom stereocenters. The van der Waals surface area contributed by atoms with Crippen LogP contribution >= 0.6 is 0 Å². The standard InChI is InChI=1S/C19H16FN3O3/c1-23-10-9-19(26,18(23)25)8-7-12-5-6-14(20)13(11-12)15-3-2-4-16(22-15)17(21)24/h2-6,11,26H,9-10H2,1H3,(H2,21,24). The van der Waals surface area contributed by atoms with Gasteiger partial charge in [0.05, 0.1) is 5.69 Å². The van der Waals surface area contributed by atoms with Crippen molar-refractivity contribution >= 4 is 11.8 Å². The van der Waals surface area contributed by atoms with Gasteiger partial charge < -0.3 is 15.7 Å². The van der Waals surface area contributed by atoms with Crippen molar-refractivity contribution in [3.8, 4) is 23.1 Å². The van der Waals surface area contributed by atoms with Gasteiger partial charge in [-0.2, -0.15) is 0 Å². The fraction of sp³-hybridized carbons (Fsp3) is 0.211. The van der Waals surface area contributed by atoms with E-state index in [2.05, 4.69) is 16.8 Å². The number of pyridine rings is 1. The van der Waals surface area contributed by atoms with Crippen LogP contribution in [-0.4, -0.2) is 46.0 Å². The molecule has 0 bridgehead atoms. The molecule has 2 amide bonds. The highest BCUT2D eigenvalue weighted by Crippen LogP contribution is 2.24. The Morgan fingerprint density at radius 1 is 1.38 bits per heavy atom. The van der Waals surface area contributed by atoms with E-state index in [0.29, 0.717) is 12.1 Å². The van der Waals surface area contributed by atoms with Crippen molar-refractivity contribution in [2.24, 2.45) is 5.73 Å². The first kappa shape index (κ1) is 17.6. The molecule has 1 aliphatic rings. The Hall–Kier alpha value is -3.24. The number of nitrogens with zero attached hydrogens (tertiary/aromatic N) is 2. The minimum absolute atomic E-state index is 0.0206. The molecule has 2 heterocycles. The zero-order valence-electron chi connectivity index (χ0n) is 14.0. The summed E-state index contributed by atoms with van der Waals surface area (Å²) in [6.07, 6.45) is 0.214. The van der Waals surface area contributed by atoms with Crippen LogP contribution in [0.3, 0.4) is 0 Å². The third-order valence-corrected chi connectivity index (χ3v) is 4.17. The van der Waals surface area contributed by atoms with E-state index in [1.807, 2.05) is 0 Å². The predicted molar refractivity (Wildman–Crippen MR) is 92.2 cm³/mol. The second kappa shape index (κ2) is 6.58. The molecule has 2 aromatic rings. The summed E-state index contributed by atoms with van der Waals surface area (Å²) >= 11 is 0. The summed E-state index contributed by atoms with van der Waals surface area (Å²) < 4.78 is 14.2. The van der Waals surface area contributed by atoms with Crippen molar-refractivity contribution in [1.82, 2.24) is 9.88 Å². The largest absolute Gasteiger partial charge is 0.369 e. The highest BCUT2D eigenvalue weighted by molar-refractivity contribution is 5.91. The number of likely N-dealkylation sites (tertiary alicyclic amines) is 1. The van der Waals surface area contributed by atoms with Crippen molar-refractivity contribution in [2.45, 2.75) is 12.0 Å².